The highest BCUT2D eigenvalue weighted by atomic mass is 16.6. The Balaban J connectivity index is 1.87. The number of non-ortho nitro benzene ring substituents is 1. The third kappa shape index (κ3) is 3.52. The molecule has 1 amide bonds. The van der Waals surface area contributed by atoms with Crippen LogP contribution in [0.3, 0.4) is 0 Å². The molecule has 1 aliphatic rings. The lowest BCUT2D eigenvalue weighted by Crippen LogP contribution is -2.35. The summed E-state index contributed by atoms with van der Waals surface area (Å²) in [6.07, 6.45) is 0.916. The lowest BCUT2D eigenvalue weighted by atomic mass is 10.1. The van der Waals surface area contributed by atoms with E-state index >= 15 is 0 Å². The van der Waals surface area contributed by atoms with Crippen molar-refractivity contribution < 1.29 is 14.5 Å². The van der Waals surface area contributed by atoms with E-state index in [0.29, 0.717) is 18.5 Å². The predicted molar refractivity (Wildman–Crippen MR) is 71.9 cm³/mol. The number of carbonyl (C=O) groups excluding carboxylic acids is 1. The highest BCUT2D eigenvalue weighted by molar-refractivity contribution is 5.81. The third-order valence-corrected chi connectivity index (χ3v) is 3.25. The highest BCUT2D eigenvalue weighted by Gasteiger charge is 2.29. The predicted octanol–water partition coefficient (Wildman–Crippen LogP) is 0.717. The van der Waals surface area contributed by atoms with Gasteiger partial charge in [-0.3, -0.25) is 14.9 Å². The van der Waals surface area contributed by atoms with Gasteiger partial charge >= 0.3 is 0 Å². The molecule has 7 heteroatoms. The minimum absolute atomic E-state index is 0.0112. The van der Waals surface area contributed by atoms with Gasteiger partial charge in [-0.1, -0.05) is 12.1 Å². The number of ether oxygens (including phenoxy) is 1. The number of nitrogens with one attached hydrogen (secondary N) is 1. The van der Waals surface area contributed by atoms with E-state index in [9.17, 15) is 14.9 Å². The molecule has 0 radical (unpaired) electrons. The zero-order valence-electron chi connectivity index (χ0n) is 11.0. The monoisotopic (exact) mass is 279 g/mol. The van der Waals surface area contributed by atoms with Crippen LogP contribution in [-0.4, -0.2) is 29.6 Å². The summed E-state index contributed by atoms with van der Waals surface area (Å²) in [7, 11) is 0. The lowest BCUT2D eigenvalue weighted by molar-refractivity contribution is -0.384. The first kappa shape index (κ1) is 14.4. The second-order valence-electron chi connectivity index (χ2n) is 4.70. The fourth-order valence-electron chi connectivity index (χ4n) is 2.15. The summed E-state index contributed by atoms with van der Waals surface area (Å²) >= 11 is 0. The van der Waals surface area contributed by atoms with Crippen molar-refractivity contribution in [2.45, 2.75) is 31.6 Å². The standard InChI is InChI=1S/C13H17N3O4/c14-7-11-4-5-12(20-11)13(17)15-8-9-2-1-3-10(6-9)16(18)19/h1-3,6,11-12H,4-5,7-8,14H2,(H,15,17). The van der Waals surface area contributed by atoms with E-state index in [0.717, 1.165) is 6.42 Å². The van der Waals surface area contributed by atoms with Crippen LogP contribution in [0.4, 0.5) is 5.69 Å². The van der Waals surface area contributed by atoms with Gasteiger partial charge in [0, 0.05) is 25.2 Å². The van der Waals surface area contributed by atoms with Crippen LogP contribution in [0.5, 0.6) is 0 Å². The van der Waals surface area contributed by atoms with Crippen LogP contribution in [0.25, 0.3) is 0 Å². The molecule has 0 saturated carbocycles. The van der Waals surface area contributed by atoms with E-state index in [1.54, 1.807) is 12.1 Å². The van der Waals surface area contributed by atoms with Crippen LogP contribution in [0.1, 0.15) is 18.4 Å². The van der Waals surface area contributed by atoms with Crippen LogP contribution in [-0.2, 0) is 16.1 Å². The molecule has 2 atom stereocenters. The number of amides is 1. The molecule has 1 saturated heterocycles. The quantitative estimate of drug-likeness (QED) is 0.610. The molecule has 0 aliphatic carbocycles. The molecule has 1 fully saturated rings. The number of nitro benzene ring substituents is 1. The number of hydrogen-bond donors (Lipinski definition) is 2. The molecule has 108 valence electrons. The highest BCUT2D eigenvalue weighted by Crippen LogP contribution is 2.19. The first-order chi connectivity index (χ1) is 9.60. The number of carbonyl (C=O) groups is 1. The molecule has 20 heavy (non-hydrogen) atoms. The van der Waals surface area contributed by atoms with Gasteiger partial charge in [0.05, 0.1) is 11.0 Å². The summed E-state index contributed by atoms with van der Waals surface area (Å²) in [6.45, 7) is 0.655. The topological polar surface area (TPSA) is 107 Å². The van der Waals surface area contributed by atoms with Crippen LogP contribution >= 0.6 is 0 Å². The SMILES string of the molecule is NCC1CCC(C(=O)NCc2cccc([N+](=O)[O-])c2)O1. The van der Waals surface area contributed by atoms with Crippen LogP contribution < -0.4 is 11.1 Å². The Bertz CT molecular complexity index is 506. The largest absolute Gasteiger partial charge is 0.364 e. The zero-order valence-corrected chi connectivity index (χ0v) is 11.0. The van der Waals surface area contributed by atoms with Crippen LogP contribution in [0.15, 0.2) is 24.3 Å². The Labute approximate surface area is 116 Å². The molecule has 0 bridgehead atoms. The molecule has 1 heterocycles. The molecule has 2 rings (SSSR count). The van der Waals surface area contributed by atoms with Gasteiger partial charge in [0.15, 0.2) is 0 Å². The van der Waals surface area contributed by atoms with Crippen molar-refractivity contribution in [1.82, 2.24) is 5.32 Å². The molecule has 1 aromatic rings. The van der Waals surface area contributed by atoms with E-state index in [-0.39, 0.29) is 24.2 Å². The van der Waals surface area contributed by atoms with E-state index in [1.807, 2.05) is 0 Å². The van der Waals surface area contributed by atoms with Crippen molar-refractivity contribution in [3.63, 3.8) is 0 Å². The third-order valence-electron chi connectivity index (χ3n) is 3.25. The van der Waals surface area contributed by atoms with Crippen molar-refractivity contribution in [3.8, 4) is 0 Å². The van der Waals surface area contributed by atoms with Gasteiger partial charge in [-0.2, -0.15) is 0 Å². The molecule has 1 aliphatic heterocycles. The molecule has 2 unspecified atom stereocenters. The second kappa shape index (κ2) is 6.44. The van der Waals surface area contributed by atoms with Gasteiger partial charge in [0.1, 0.15) is 6.10 Å². The summed E-state index contributed by atoms with van der Waals surface area (Å²) in [6, 6.07) is 6.18. The van der Waals surface area contributed by atoms with E-state index in [1.165, 1.54) is 12.1 Å². The number of benzene rings is 1. The molecular formula is C13H17N3O4. The summed E-state index contributed by atoms with van der Waals surface area (Å²) in [5, 5.41) is 13.4. The van der Waals surface area contributed by atoms with Crippen molar-refractivity contribution in [2.24, 2.45) is 5.73 Å². The summed E-state index contributed by atoms with van der Waals surface area (Å²) < 4.78 is 5.48. The number of nitrogens with two attached hydrogens (primary N) is 1. The maximum atomic E-state index is 11.9. The molecule has 3 N–H and O–H groups in total. The summed E-state index contributed by atoms with van der Waals surface area (Å²) in [5.41, 5.74) is 6.18. The van der Waals surface area contributed by atoms with Crippen molar-refractivity contribution in [2.75, 3.05) is 6.54 Å². The minimum Gasteiger partial charge on any atom is -0.364 e. The van der Waals surface area contributed by atoms with Gasteiger partial charge in [-0.25, -0.2) is 0 Å². The van der Waals surface area contributed by atoms with Crippen LogP contribution in [0, 0.1) is 10.1 Å². The molecule has 7 nitrogen and oxygen atoms in total. The van der Waals surface area contributed by atoms with Gasteiger partial charge in [0.25, 0.3) is 5.69 Å². The van der Waals surface area contributed by atoms with Crippen molar-refractivity contribution >= 4 is 11.6 Å². The molecule has 1 aromatic carbocycles. The number of nitro groups is 1. The maximum Gasteiger partial charge on any atom is 0.269 e. The zero-order chi connectivity index (χ0) is 14.5. The van der Waals surface area contributed by atoms with Gasteiger partial charge in [0.2, 0.25) is 5.91 Å². The maximum absolute atomic E-state index is 11.9. The van der Waals surface area contributed by atoms with Gasteiger partial charge in [-0.05, 0) is 18.4 Å². The fourth-order valence-corrected chi connectivity index (χ4v) is 2.15. The minimum atomic E-state index is -0.470. The Morgan fingerprint density at radius 2 is 2.30 bits per heavy atom. The molecular weight excluding hydrogens is 262 g/mol. The smallest absolute Gasteiger partial charge is 0.269 e. The first-order valence-electron chi connectivity index (χ1n) is 6.46. The normalized spacial score (nSPS) is 21.6. The molecule has 0 aromatic heterocycles. The van der Waals surface area contributed by atoms with Crippen molar-refractivity contribution in [3.05, 3.63) is 39.9 Å². The average Bonchev–Trinajstić information content (AvgIpc) is 2.94. The average molecular weight is 279 g/mol. The Hall–Kier alpha value is -1.99. The van der Waals surface area contributed by atoms with Gasteiger partial charge in [-0.15, -0.1) is 0 Å². The fraction of sp³-hybridized carbons (Fsp3) is 0.462. The number of hydrogen-bond acceptors (Lipinski definition) is 5. The summed E-state index contributed by atoms with van der Waals surface area (Å²) in [5.74, 6) is -0.201. The number of rotatable bonds is 5. The van der Waals surface area contributed by atoms with E-state index < -0.39 is 11.0 Å². The Kier molecular flexibility index (Phi) is 4.65. The molecule has 0 spiro atoms. The van der Waals surface area contributed by atoms with Crippen molar-refractivity contribution in [1.29, 1.82) is 0 Å². The lowest BCUT2D eigenvalue weighted by Gasteiger charge is -2.12. The van der Waals surface area contributed by atoms with E-state index in [4.69, 9.17) is 10.5 Å². The Morgan fingerprint density at radius 3 is 2.95 bits per heavy atom. The second-order valence-corrected chi connectivity index (χ2v) is 4.70. The number of nitrogens with zero attached hydrogens (tertiary/aromatic N) is 1. The summed E-state index contributed by atoms with van der Waals surface area (Å²) in [4.78, 5) is 22.1. The van der Waals surface area contributed by atoms with E-state index in [2.05, 4.69) is 5.32 Å². The first-order valence-corrected chi connectivity index (χ1v) is 6.46. The van der Waals surface area contributed by atoms with Gasteiger partial charge < -0.3 is 15.8 Å². The Morgan fingerprint density at radius 1 is 1.50 bits per heavy atom. The van der Waals surface area contributed by atoms with Crippen LogP contribution in [0.2, 0.25) is 0 Å².